The van der Waals surface area contributed by atoms with Crippen molar-refractivity contribution in [2.75, 3.05) is 0 Å². The minimum absolute atomic E-state index is 0.157. The van der Waals surface area contributed by atoms with Crippen molar-refractivity contribution in [3.05, 3.63) is 53.0 Å². The summed E-state index contributed by atoms with van der Waals surface area (Å²) >= 11 is 3.35. The van der Waals surface area contributed by atoms with Crippen LogP contribution in [0, 0.1) is 11.3 Å². The van der Waals surface area contributed by atoms with Gasteiger partial charge in [-0.05, 0) is 28.1 Å². The predicted octanol–water partition coefficient (Wildman–Crippen LogP) is 4.25. The fraction of sp³-hybridized carbons (Fsp3) is 0. The van der Waals surface area contributed by atoms with Gasteiger partial charge in [-0.15, -0.1) is 0 Å². The number of nitriles is 1. The molecule has 0 fully saturated rings. The molecule has 0 atom stereocenters. The van der Waals surface area contributed by atoms with Crippen LogP contribution in [-0.2, 0) is 0 Å². The van der Waals surface area contributed by atoms with E-state index in [4.69, 9.17) is 14.4 Å². The Morgan fingerprint density at radius 2 is 2.11 bits per heavy atom. The molecule has 2 heterocycles. The number of fused-ring (bicyclic) bond motifs is 1. The number of benzene rings is 1. The summed E-state index contributed by atoms with van der Waals surface area (Å²) in [4.78, 5) is 3.96. The van der Waals surface area contributed by atoms with Crippen molar-refractivity contribution in [1.29, 1.82) is 5.26 Å². The number of pyridine rings is 1. The average Bonchev–Trinajstić information content (AvgIpc) is 2.79. The van der Waals surface area contributed by atoms with Gasteiger partial charge in [0.2, 0.25) is 5.76 Å². The summed E-state index contributed by atoms with van der Waals surface area (Å²) in [6.45, 7) is 0. The highest BCUT2D eigenvalue weighted by Gasteiger charge is 2.16. The summed E-state index contributed by atoms with van der Waals surface area (Å²) in [6.07, 6.45) is 3.25. The van der Waals surface area contributed by atoms with Gasteiger partial charge in [-0.2, -0.15) is 5.26 Å². The predicted molar refractivity (Wildman–Crippen MR) is 72.9 cm³/mol. The van der Waals surface area contributed by atoms with Gasteiger partial charge in [0.1, 0.15) is 17.4 Å². The second-order valence-electron chi connectivity index (χ2n) is 3.78. The van der Waals surface area contributed by atoms with Crippen LogP contribution >= 0.6 is 15.9 Å². The molecule has 0 saturated heterocycles. The zero-order valence-electron chi connectivity index (χ0n) is 9.63. The van der Waals surface area contributed by atoms with Crippen molar-refractivity contribution < 1.29 is 9.15 Å². The highest BCUT2D eigenvalue weighted by Crippen LogP contribution is 2.37. The van der Waals surface area contributed by atoms with Crippen LogP contribution in [0.3, 0.4) is 0 Å². The summed E-state index contributed by atoms with van der Waals surface area (Å²) < 4.78 is 11.9. The first-order chi connectivity index (χ1) is 9.29. The molecule has 2 aromatic heterocycles. The van der Waals surface area contributed by atoms with E-state index >= 15 is 0 Å². The van der Waals surface area contributed by atoms with Gasteiger partial charge in [-0.3, -0.25) is 4.98 Å². The first kappa shape index (κ1) is 11.8. The third-order valence-corrected chi connectivity index (χ3v) is 3.19. The van der Waals surface area contributed by atoms with E-state index < -0.39 is 0 Å². The third kappa shape index (κ3) is 2.07. The Labute approximate surface area is 117 Å². The lowest BCUT2D eigenvalue weighted by atomic mass is 10.2. The second kappa shape index (κ2) is 4.75. The maximum atomic E-state index is 9.12. The molecule has 0 saturated carbocycles. The Hall–Kier alpha value is -2.32. The molecule has 1 aromatic carbocycles. The average molecular weight is 315 g/mol. The van der Waals surface area contributed by atoms with Crippen molar-refractivity contribution >= 4 is 26.9 Å². The topological polar surface area (TPSA) is 59.0 Å². The van der Waals surface area contributed by atoms with E-state index in [0.717, 1.165) is 5.39 Å². The maximum Gasteiger partial charge on any atom is 0.247 e. The van der Waals surface area contributed by atoms with Gasteiger partial charge < -0.3 is 9.15 Å². The molecule has 3 aromatic rings. The Kier molecular flexibility index (Phi) is 2.94. The van der Waals surface area contributed by atoms with Crippen LogP contribution < -0.4 is 4.74 Å². The number of rotatable bonds is 2. The van der Waals surface area contributed by atoms with Gasteiger partial charge in [0, 0.05) is 18.5 Å². The van der Waals surface area contributed by atoms with Gasteiger partial charge in [-0.1, -0.05) is 12.1 Å². The molecule has 0 aliphatic carbocycles. The van der Waals surface area contributed by atoms with Gasteiger partial charge in [0.25, 0.3) is 0 Å². The van der Waals surface area contributed by atoms with Gasteiger partial charge >= 0.3 is 0 Å². The largest absolute Gasteiger partial charge is 0.451 e. The first-order valence-electron chi connectivity index (χ1n) is 5.48. The highest BCUT2D eigenvalue weighted by atomic mass is 79.9. The van der Waals surface area contributed by atoms with Crippen LogP contribution in [0.25, 0.3) is 11.0 Å². The first-order valence-corrected chi connectivity index (χ1v) is 6.28. The number of hydrogen-bond acceptors (Lipinski definition) is 4. The fourth-order valence-electron chi connectivity index (χ4n) is 1.75. The molecule has 0 N–H and O–H groups in total. The molecule has 4 nitrogen and oxygen atoms in total. The summed E-state index contributed by atoms with van der Waals surface area (Å²) in [5.41, 5.74) is 0.624. The van der Waals surface area contributed by atoms with Gasteiger partial charge in [0.05, 0.1) is 9.86 Å². The van der Waals surface area contributed by atoms with Crippen LogP contribution in [0.5, 0.6) is 11.5 Å². The summed E-state index contributed by atoms with van der Waals surface area (Å²) in [7, 11) is 0. The zero-order chi connectivity index (χ0) is 13.2. The smallest absolute Gasteiger partial charge is 0.247 e. The minimum atomic E-state index is 0.157. The number of hydrogen-bond donors (Lipinski definition) is 0. The Bertz CT molecular complexity index is 789. The Morgan fingerprint density at radius 1 is 1.26 bits per heavy atom. The number of furan rings is 1. The third-order valence-electron chi connectivity index (χ3n) is 2.60. The molecule has 92 valence electrons. The molecule has 0 amide bonds. The Balaban J connectivity index is 2.15. The van der Waals surface area contributed by atoms with Gasteiger partial charge in [-0.25, -0.2) is 0 Å². The van der Waals surface area contributed by atoms with Crippen LogP contribution in [-0.4, -0.2) is 4.98 Å². The molecule has 3 rings (SSSR count). The molecular weight excluding hydrogens is 308 g/mol. The van der Waals surface area contributed by atoms with Crippen LogP contribution in [0.1, 0.15) is 5.76 Å². The van der Waals surface area contributed by atoms with Gasteiger partial charge in [0.15, 0.2) is 5.75 Å². The van der Waals surface area contributed by atoms with E-state index in [2.05, 4.69) is 20.9 Å². The van der Waals surface area contributed by atoms with E-state index in [0.29, 0.717) is 21.6 Å². The molecule has 0 bridgehead atoms. The lowest BCUT2D eigenvalue weighted by molar-refractivity contribution is 0.464. The maximum absolute atomic E-state index is 9.12. The van der Waals surface area contributed by atoms with E-state index in [-0.39, 0.29) is 5.76 Å². The van der Waals surface area contributed by atoms with E-state index in [1.165, 1.54) is 0 Å². The molecule has 0 spiro atoms. The summed E-state index contributed by atoms with van der Waals surface area (Å²) in [5, 5.41) is 9.89. The summed E-state index contributed by atoms with van der Waals surface area (Å²) in [5.74, 6) is 1.16. The number of para-hydroxylation sites is 1. The monoisotopic (exact) mass is 314 g/mol. The number of halogens is 1. The SMILES string of the molecule is N#Cc1oc2ccccc2c1Oc1ccncc1Br. The fourth-order valence-corrected chi connectivity index (χ4v) is 2.08. The zero-order valence-corrected chi connectivity index (χ0v) is 11.2. The van der Waals surface area contributed by atoms with Crippen molar-refractivity contribution in [2.45, 2.75) is 0 Å². The lowest BCUT2D eigenvalue weighted by Gasteiger charge is -2.05. The quantitative estimate of drug-likeness (QED) is 0.709. The molecule has 0 radical (unpaired) electrons. The molecule has 5 heteroatoms. The van der Waals surface area contributed by atoms with Crippen LogP contribution in [0.2, 0.25) is 0 Å². The van der Waals surface area contributed by atoms with Crippen LogP contribution in [0.4, 0.5) is 0 Å². The lowest BCUT2D eigenvalue weighted by Crippen LogP contribution is -1.87. The molecule has 19 heavy (non-hydrogen) atoms. The summed E-state index contributed by atoms with van der Waals surface area (Å²) in [6, 6.07) is 11.1. The molecule has 0 aliphatic rings. The van der Waals surface area contributed by atoms with Crippen molar-refractivity contribution in [2.24, 2.45) is 0 Å². The minimum Gasteiger partial charge on any atom is -0.451 e. The number of nitrogens with zero attached hydrogens (tertiary/aromatic N) is 2. The molecular formula is C14H7BrN2O2. The second-order valence-corrected chi connectivity index (χ2v) is 4.63. The van der Waals surface area contributed by atoms with Crippen LogP contribution in [0.15, 0.2) is 51.6 Å². The van der Waals surface area contributed by atoms with Crippen molar-refractivity contribution in [3.63, 3.8) is 0 Å². The van der Waals surface area contributed by atoms with E-state index in [9.17, 15) is 0 Å². The number of ether oxygens (including phenoxy) is 1. The Morgan fingerprint density at radius 3 is 2.89 bits per heavy atom. The van der Waals surface area contributed by atoms with E-state index in [1.54, 1.807) is 24.5 Å². The number of aromatic nitrogens is 1. The van der Waals surface area contributed by atoms with E-state index in [1.807, 2.05) is 24.3 Å². The standard InChI is InChI=1S/C14H7BrN2O2/c15-10-8-17-6-5-12(10)19-14-9-3-1-2-4-11(9)18-13(14)7-16/h1-6,8H. The highest BCUT2D eigenvalue weighted by molar-refractivity contribution is 9.10. The van der Waals surface area contributed by atoms with Crippen molar-refractivity contribution in [3.8, 4) is 17.6 Å². The normalized spacial score (nSPS) is 10.3. The van der Waals surface area contributed by atoms with Crippen molar-refractivity contribution in [1.82, 2.24) is 4.98 Å². The molecule has 0 unspecified atom stereocenters. The molecule has 0 aliphatic heterocycles.